The molecule has 0 aliphatic carbocycles. The van der Waals surface area contributed by atoms with Gasteiger partial charge in [-0.15, -0.1) is 11.3 Å². The number of benzene rings is 1. The van der Waals surface area contributed by atoms with Gasteiger partial charge in [0.1, 0.15) is 25.0 Å². The first-order chi connectivity index (χ1) is 10.2. The number of oxazole rings is 1. The number of hydrogen-bond donors (Lipinski definition) is 1. The summed E-state index contributed by atoms with van der Waals surface area (Å²) in [6, 6.07) is 12.5. The van der Waals surface area contributed by atoms with Crippen molar-refractivity contribution in [2.75, 3.05) is 7.05 Å². The highest BCUT2D eigenvalue weighted by Gasteiger charge is 2.11. The van der Waals surface area contributed by atoms with Gasteiger partial charge in [0, 0.05) is 10.0 Å². The summed E-state index contributed by atoms with van der Waals surface area (Å²) in [5, 5.41) is 2.03. The first-order valence-electron chi connectivity index (χ1n) is 6.75. The van der Waals surface area contributed by atoms with Crippen LogP contribution in [0.3, 0.4) is 0 Å². The molecule has 0 saturated heterocycles. The molecule has 1 unspecified atom stereocenters. The van der Waals surface area contributed by atoms with Gasteiger partial charge in [0.2, 0.25) is 5.89 Å². The molecule has 0 aliphatic rings. The molecule has 3 rings (SSSR count). The van der Waals surface area contributed by atoms with Crippen molar-refractivity contribution in [3.8, 4) is 10.8 Å². The van der Waals surface area contributed by atoms with Gasteiger partial charge in [-0.1, -0.05) is 34.1 Å². The zero-order chi connectivity index (χ0) is 14.7. The van der Waals surface area contributed by atoms with Crippen LogP contribution in [0.1, 0.15) is 11.3 Å². The topological polar surface area (TPSA) is 30.5 Å². The lowest BCUT2D eigenvalue weighted by Crippen LogP contribution is -3.06. The van der Waals surface area contributed by atoms with E-state index < -0.39 is 0 Å². The van der Waals surface area contributed by atoms with Crippen molar-refractivity contribution in [2.45, 2.75) is 13.1 Å². The van der Waals surface area contributed by atoms with Gasteiger partial charge in [0.05, 0.1) is 11.9 Å². The molecular weight excluding hydrogens is 348 g/mol. The number of aromatic nitrogens is 1. The standard InChI is InChI=1S/C16H15BrN2OS/c1-19(9-12-4-6-13(17)7-5-12)10-14-11-20-16(18-14)15-3-2-8-21-15/h2-8,11H,9-10H2,1H3/p+1. The second-order valence-corrected chi connectivity index (χ2v) is 6.92. The second kappa shape index (κ2) is 6.56. The van der Waals surface area contributed by atoms with E-state index in [4.69, 9.17) is 4.42 Å². The Balaban J connectivity index is 1.62. The average molecular weight is 364 g/mol. The van der Waals surface area contributed by atoms with Crippen molar-refractivity contribution in [1.82, 2.24) is 4.98 Å². The van der Waals surface area contributed by atoms with Crippen LogP contribution in [0.2, 0.25) is 0 Å². The predicted octanol–water partition coefficient (Wildman–Crippen LogP) is 3.38. The molecule has 0 bridgehead atoms. The minimum atomic E-state index is 0.719. The van der Waals surface area contributed by atoms with Crippen molar-refractivity contribution in [3.05, 3.63) is 63.8 Å². The van der Waals surface area contributed by atoms with Gasteiger partial charge >= 0.3 is 0 Å². The highest BCUT2D eigenvalue weighted by molar-refractivity contribution is 9.10. The zero-order valence-corrected chi connectivity index (χ0v) is 14.1. The van der Waals surface area contributed by atoms with E-state index in [1.54, 1.807) is 17.6 Å². The average Bonchev–Trinajstić information content (AvgIpc) is 3.12. The summed E-state index contributed by atoms with van der Waals surface area (Å²) in [4.78, 5) is 7.02. The monoisotopic (exact) mass is 363 g/mol. The van der Waals surface area contributed by atoms with Gasteiger partial charge in [-0.05, 0) is 23.6 Å². The number of quaternary nitrogens is 1. The minimum absolute atomic E-state index is 0.719. The molecule has 1 aromatic carbocycles. The molecule has 21 heavy (non-hydrogen) atoms. The van der Waals surface area contributed by atoms with Crippen molar-refractivity contribution in [2.24, 2.45) is 0 Å². The van der Waals surface area contributed by atoms with Gasteiger partial charge < -0.3 is 9.32 Å². The molecular formula is C16H16BrN2OS+. The highest BCUT2D eigenvalue weighted by Crippen LogP contribution is 2.23. The fraction of sp³-hybridized carbons (Fsp3) is 0.188. The SMILES string of the molecule is C[NH+](Cc1ccc(Br)cc1)Cc1coc(-c2cccs2)n1. The summed E-state index contributed by atoms with van der Waals surface area (Å²) in [5.41, 5.74) is 2.31. The molecule has 0 radical (unpaired) electrons. The van der Waals surface area contributed by atoms with E-state index in [0.29, 0.717) is 0 Å². The Morgan fingerprint density at radius 3 is 2.71 bits per heavy atom. The van der Waals surface area contributed by atoms with Gasteiger partial charge in [-0.3, -0.25) is 0 Å². The van der Waals surface area contributed by atoms with Crippen LogP contribution in [0.5, 0.6) is 0 Å². The van der Waals surface area contributed by atoms with Crippen molar-refractivity contribution < 1.29 is 9.32 Å². The van der Waals surface area contributed by atoms with Crippen molar-refractivity contribution in [3.63, 3.8) is 0 Å². The lowest BCUT2D eigenvalue weighted by Gasteiger charge is -2.12. The van der Waals surface area contributed by atoms with E-state index in [0.717, 1.165) is 34.0 Å². The maximum absolute atomic E-state index is 5.56. The Labute approximate surface area is 136 Å². The Morgan fingerprint density at radius 1 is 1.19 bits per heavy atom. The normalized spacial score (nSPS) is 12.5. The maximum atomic E-state index is 5.56. The van der Waals surface area contributed by atoms with Crippen LogP contribution in [0, 0.1) is 0 Å². The third kappa shape index (κ3) is 3.81. The first kappa shape index (κ1) is 14.5. The molecule has 108 valence electrons. The molecule has 1 atom stereocenters. The number of hydrogen-bond acceptors (Lipinski definition) is 3. The maximum Gasteiger partial charge on any atom is 0.236 e. The van der Waals surface area contributed by atoms with Crippen LogP contribution >= 0.6 is 27.3 Å². The van der Waals surface area contributed by atoms with Crippen molar-refractivity contribution >= 4 is 27.3 Å². The summed E-state index contributed by atoms with van der Waals surface area (Å²) in [7, 11) is 2.17. The summed E-state index contributed by atoms with van der Waals surface area (Å²) < 4.78 is 6.67. The molecule has 3 aromatic rings. The third-order valence-corrected chi connectivity index (χ3v) is 4.57. The minimum Gasteiger partial charge on any atom is -0.443 e. The van der Waals surface area contributed by atoms with Crippen LogP contribution in [0.25, 0.3) is 10.8 Å². The fourth-order valence-electron chi connectivity index (χ4n) is 2.22. The Bertz CT molecular complexity index is 691. The van der Waals surface area contributed by atoms with Gasteiger partial charge in [-0.25, -0.2) is 4.98 Å². The second-order valence-electron chi connectivity index (χ2n) is 5.06. The van der Waals surface area contributed by atoms with Crippen LogP contribution in [-0.4, -0.2) is 12.0 Å². The number of rotatable bonds is 5. The van der Waals surface area contributed by atoms with Gasteiger partial charge in [-0.2, -0.15) is 0 Å². The molecule has 0 spiro atoms. The molecule has 3 nitrogen and oxygen atoms in total. The fourth-order valence-corrected chi connectivity index (χ4v) is 3.14. The Morgan fingerprint density at radius 2 is 2.00 bits per heavy atom. The number of nitrogens with one attached hydrogen (secondary N) is 1. The first-order valence-corrected chi connectivity index (χ1v) is 8.42. The lowest BCUT2D eigenvalue weighted by atomic mass is 10.2. The lowest BCUT2D eigenvalue weighted by molar-refractivity contribution is -0.908. The Kier molecular flexibility index (Phi) is 4.53. The van der Waals surface area contributed by atoms with E-state index in [2.05, 4.69) is 52.2 Å². The third-order valence-electron chi connectivity index (χ3n) is 3.19. The largest absolute Gasteiger partial charge is 0.443 e. The molecule has 0 aliphatic heterocycles. The molecule has 2 heterocycles. The van der Waals surface area contributed by atoms with E-state index in [1.165, 1.54) is 10.5 Å². The number of thiophene rings is 1. The number of halogens is 1. The van der Waals surface area contributed by atoms with Crippen LogP contribution in [0.4, 0.5) is 0 Å². The molecule has 0 amide bonds. The highest BCUT2D eigenvalue weighted by atomic mass is 79.9. The Hall–Kier alpha value is -1.43. The van der Waals surface area contributed by atoms with Crippen molar-refractivity contribution in [1.29, 1.82) is 0 Å². The van der Waals surface area contributed by atoms with Gasteiger partial charge in [0.25, 0.3) is 0 Å². The van der Waals surface area contributed by atoms with Crippen LogP contribution in [-0.2, 0) is 13.1 Å². The van der Waals surface area contributed by atoms with E-state index in [-0.39, 0.29) is 0 Å². The van der Waals surface area contributed by atoms with Crippen LogP contribution < -0.4 is 4.90 Å². The molecule has 2 aromatic heterocycles. The van der Waals surface area contributed by atoms with Crippen LogP contribution in [0.15, 0.2) is 56.9 Å². The smallest absolute Gasteiger partial charge is 0.236 e. The van der Waals surface area contributed by atoms with Gasteiger partial charge in [0.15, 0.2) is 0 Å². The molecule has 1 N–H and O–H groups in total. The quantitative estimate of drug-likeness (QED) is 0.753. The number of nitrogens with zero attached hydrogens (tertiary/aromatic N) is 1. The van der Waals surface area contributed by atoms with E-state index in [1.807, 2.05) is 17.5 Å². The van der Waals surface area contributed by atoms with E-state index in [9.17, 15) is 0 Å². The van der Waals surface area contributed by atoms with E-state index >= 15 is 0 Å². The summed E-state index contributed by atoms with van der Waals surface area (Å²) in [6.07, 6.45) is 1.76. The predicted molar refractivity (Wildman–Crippen MR) is 88.3 cm³/mol. The zero-order valence-electron chi connectivity index (χ0n) is 11.7. The summed E-state index contributed by atoms with van der Waals surface area (Å²) >= 11 is 5.10. The summed E-state index contributed by atoms with van der Waals surface area (Å²) in [5.74, 6) is 0.719. The molecule has 0 saturated carbocycles. The summed E-state index contributed by atoms with van der Waals surface area (Å²) in [6.45, 7) is 1.82. The molecule has 5 heteroatoms. The molecule has 0 fully saturated rings.